The fraction of sp³-hybridized carbons (Fsp3) is 0.250. The number of aryl methyl sites for hydroxylation is 1. The van der Waals surface area contributed by atoms with Crippen LogP contribution < -0.4 is 4.74 Å². The monoisotopic (exact) mass is 274 g/mol. The second kappa shape index (κ2) is 6.64. The van der Waals surface area contributed by atoms with E-state index in [4.69, 9.17) is 4.74 Å². The van der Waals surface area contributed by atoms with Gasteiger partial charge in [-0.1, -0.05) is 29.8 Å². The molecule has 0 aliphatic carbocycles. The fourth-order valence-electron chi connectivity index (χ4n) is 1.73. The van der Waals surface area contributed by atoms with E-state index in [2.05, 4.69) is 31.2 Å². The molecule has 0 aliphatic heterocycles. The Morgan fingerprint density at radius 3 is 2.26 bits per heavy atom. The van der Waals surface area contributed by atoms with Crippen LogP contribution >= 0.6 is 11.8 Å². The molecule has 0 saturated carbocycles. The van der Waals surface area contributed by atoms with Crippen LogP contribution in [0.5, 0.6) is 5.75 Å². The first-order chi connectivity index (χ1) is 9.19. The summed E-state index contributed by atoms with van der Waals surface area (Å²) >= 11 is 1.66. The molecule has 1 N–H and O–H groups in total. The van der Waals surface area contributed by atoms with Crippen molar-refractivity contribution >= 4 is 11.8 Å². The third-order valence-corrected chi connectivity index (χ3v) is 4.02. The van der Waals surface area contributed by atoms with Crippen LogP contribution in [-0.2, 0) is 0 Å². The van der Waals surface area contributed by atoms with E-state index in [9.17, 15) is 5.11 Å². The molecule has 0 aromatic heterocycles. The molecule has 0 radical (unpaired) electrons. The molecule has 3 heteroatoms. The molecule has 1 atom stereocenters. The molecular weight excluding hydrogens is 256 g/mol. The Hall–Kier alpha value is -1.45. The average molecular weight is 274 g/mol. The van der Waals surface area contributed by atoms with Gasteiger partial charge in [-0.25, -0.2) is 0 Å². The van der Waals surface area contributed by atoms with Crippen LogP contribution in [0.3, 0.4) is 0 Å². The second-order valence-corrected chi connectivity index (χ2v) is 5.51. The number of ether oxygens (including phenoxy) is 1. The Bertz CT molecular complexity index is 505. The lowest BCUT2D eigenvalue weighted by atomic mass is 10.1. The number of hydrogen-bond acceptors (Lipinski definition) is 3. The summed E-state index contributed by atoms with van der Waals surface area (Å²) < 4.78 is 5.10. The standard InChI is InChI=1S/C16H18O2S/c1-12-3-9-15(10-4-12)19-11-16(17)13-5-7-14(18-2)8-6-13/h3-10,16-17H,11H2,1-2H3/t16-/m1/s1. The predicted molar refractivity (Wildman–Crippen MR) is 79.9 cm³/mol. The lowest BCUT2D eigenvalue weighted by Crippen LogP contribution is -2.00. The van der Waals surface area contributed by atoms with Crippen molar-refractivity contribution < 1.29 is 9.84 Å². The quantitative estimate of drug-likeness (QED) is 0.840. The molecule has 0 spiro atoms. The molecule has 2 nitrogen and oxygen atoms in total. The predicted octanol–water partition coefficient (Wildman–Crippen LogP) is 3.83. The summed E-state index contributed by atoms with van der Waals surface area (Å²) in [6.45, 7) is 2.07. The first kappa shape index (κ1) is 14.0. The van der Waals surface area contributed by atoms with Gasteiger partial charge >= 0.3 is 0 Å². The first-order valence-electron chi connectivity index (χ1n) is 6.20. The van der Waals surface area contributed by atoms with E-state index in [0.717, 1.165) is 11.3 Å². The van der Waals surface area contributed by atoms with Crippen molar-refractivity contribution in [1.29, 1.82) is 0 Å². The normalized spacial score (nSPS) is 12.2. The van der Waals surface area contributed by atoms with Gasteiger partial charge in [0.2, 0.25) is 0 Å². The van der Waals surface area contributed by atoms with Crippen LogP contribution in [0.25, 0.3) is 0 Å². The van der Waals surface area contributed by atoms with Crippen LogP contribution in [0, 0.1) is 6.92 Å². The van der Waals surface area contributed by atoms with E-state index in [0.29, 0.717) is 5.75 Å². The Morgan fingerprint density at radius 1 is 1.05 bits per heavy atom. The molecule has 0 saturated heterocycles. The van der Waals surface area contributed by atoms with Crippen molar-refractivity contribution in [2.45, 2.75) is 17.9 Å². The zero-order valence-corrected chi connectivity index (χ0v) is 12.0. The smallest absolute Gasteiger partial charge is 0.118 e. The van der Waals surface area contributed by atoms with Gasteiger partial charge in [-0.15, -0.1) is 11.8 Å². The number of benzene rings is 2. The second-order valence-electron chi connectivity index (χ2n) is 4.41. The van der Waals surface area contributed by atoms with E-state index in [1.165, 1.54) is 10.5 Å². The Kier molecular flexibility index (Phi) is 4.88. The Labute approximate surface area is 118 Å². The van der Waals surface area contributed by atoms with Crippen molar-refractivity contribution in [2.24, 2.45) is 0 Å². The van der Waals surface area contributed by atoms with E-state index in [1.54, 1.807) is 18.9 Å². The lowest BCUT2D eigenvalue weighted by Gasteiger charge is -2.11. The van der Waals surface area contributed by atoms with Gasteiger partial charge in [0.05, 0.1) is 13.2 Å². The summed E-state index contributed by atoms with van der Waals surface area (Å²) in [7, 11) is 1.64. The minimum absolute atomic E-state index is 0.461. The Morgan fingerprint density at radius 2 is 1.68 bits per heavy atom. The van der Waals surface area contributed by atoms with Crippen LogP contribution in [0.15, 0.2) is 53.4 Å². The fourth-order valence-corrected chi connectivity index (χ4v) is 2.60. The van der Waals surface area contributed by atoms with Gasteiger partial charge in [0.1, 0.15) is 5.75 Å². The van der Waals surface area contributed by atoms with Crippen molar-refractivity contribution in [2.75, 3.05) is 12.9 Å². The average Bonchev–Trinajstić information content (AvgIpc) is 2.46. The third kappa shape index (κ3) is 4.01. The summed E-state index contributed by atoms with van der Waals surface area (Å²) in [6, 6.07) is 15.9. The van der Waals surface area contributed by atoms with Gasteiger partial charge in [0.15, 0.2) is 0 Å². The molecule has 2 aromatic rings. The lowest BCUT2D eigenvalue weighted by molar-refractivity contribution is 0.204. The molecule has 2 aromatic carbocycles. The molecule has 2 rings (SSSR count). The minimum Gasteiger partial charge on any atom is -0.497 e. The van der Waals surface area contributed by atoms with Crippen LogP contribution in [-0.4, -0.2) is 18.0 Å². The van der Waals surface area contributed by atoms with E-state index in [-0.39, 0.29) is 0 Å². The highest BCUT2D eigenvalue weighted by Crippen LogP contribution is 2.25. The van der Waals surface area contributed by atoms with Crippen molar-refractivity contribution in [3.05, 3.63) is 59.7 Å². The van der Waals surface area contributed by atoms with Crippen molar-refractivity contribution in [3.63, 3.8) is 0 Å². The van der Waals surface area contributed by atoms with Crippen LogP contribution in [0.2, 0.25) is 0 Å². The number of aliphatic hydroxyl groups excluding tert-OH is 1. The number of hydrogen-bond donors (Lipinski definition) is 1. The van der Waals surface area contributed by atoms with Gasteiger partial charge < -0.3 is 9.84 Å². The van der Waals surface area contributed by atoms with Crippen molar-refractivity contribution in [3.8, 4) is 5.75 Å². The van der Waals surface area contributed by atoms with Gasteiger partial charge in [0, 0.05) is 10.6 Å². The minimum atomic E-state index is -0.461. The molecule has 0 bridgehead atoms. The molecular formula is C16H18O2S. The molecule has 0 amide bonds. The highest BCUT2D eigenvalue weighted by atomic mass is 32.2. The summed E-state index contributed by atoms with van der Waals surface area (Å²) in [5, 5.41) is 10.1. The van der Waals surface area contributed by atoms with Crippen LogP contribution in [0.1, 0.15) is 17.2 Å². The van der Waals surface area contributed by atoms with Crippen molar-refractivity contribution in [1.82, 2.24) is 0 Å². The maximum atomic E-state index is 10.1. The third-order valence-electron chi connectivity index (χ3n) is 2.93. The maximum Gasteiger partial charge on any atom is 0.118 e. The first-order valence-corrected chi connectivity index (χ1v) is 7.19. The maximum absolute atomic E-state index is 10.1. The Balaban J connectivity index is 1.93. The zero-order valence-electron chi connectivity index (χ0n) is 11.2. The molecule has 0 heterocycles. The van der Waals surface area contributed by atoms with Gasteiger partial charge in [-0.2, -0.15) is 0 Å². The van der Waals surface area contributed by atoms with Gasteiger partial charge in [-0.05, 0) is 36.8 Å². The number of thioether (sulfide) groups is 1. The van der Waals surface area contributed by atoms with Crippen LogP contribution in [0.4, 0.5) is 0 Å². The molecule has 0 unspecified atom stereocenters. The summed E-state index contributed by atoms with van der Waals surface area (Å²) in [4.78, 5) is 1.18. The van der Waals surface area contributed by atoms with E-state index < -0.39 is 6.10 Å². The van der Waals surface area contributed by atoms with Gasteiger partial charge in [0.25, 0.3) is 0 Å². The zero-order chi connectivity index (χ0) is 13.7. The molecule has 0 fully saturated rings. The SMILES string of the molecule is COc1ccc([C@H](O)CSc2ccc(C)cc2)cc1. The number of aliphatic hydroxyl groups is 1. The number of methoxy groups -OCH3 is 1. The topological polar surface area (TPSA) is 29.5 Å². The number of rotatable bonds is 5. The molecule has 19 heavy (non-hydrogen) atoms. The highest BCUT2D eigenvalue weighted by Gasteiger charge is 2.08. The summed E-state index contributed by atoms with van der Waals surface area (Å²) in [5.74, 6) is 1.46. The van der Waals surface area contributed by atoms with Gasteiger partial charge in [-0.3, -0.25) is 0 Å². The summed E-state index contributed by atoms with van der Waals surface area (Å²) in [5.41, 5.74) is 2.17. The summed E-state index contributed by atoms with van der Waals surface area (Å²) in [6.07, 6.45) is -0.461. The van der Waals surface area contributed by atoms with E-state index in [1.807, 2.05) is 24.3 Å². The van der Waals surface area contributed by atoms with E-state index >= 15 is 0 Å². The highest BCUT2D eigenvalue weighted by molar-refractivity contribution is 7.99. The largest absolute Gasteiger partial charge is 0.497 e. The molecule has 0 aliphatic rings. The molecule has 100 valence electrons.